The first-order valence-corrected chi connectivity index (χ1v) is 10.4. The van der Waals surface area contributed by atoms with Crippen molar-refractivity contribution < 1.29 is 9.59 Å². The SMILES string of the molecule is O=C(CCCCCCC(=O)N/N=C/c1cccc(Cl)c1)N/N=C/c1cccc(Cl)c1. The molecule has 8 heteroatoms. The highest BCUT2D eigenvalue weighted by Gasteiger charge is 2.02. The van der Waals surface area contributed by atoms with E-state index in [0.717, 1.165) is 36.8 Å². The Bertz CT molecular complexity index is 827. The lowest BCUT2D eigenvalue weighted by atomic mass is 10.1. The Hall–Kier alpha value is -2.70. The number of hydrogen-bond acceptors (Lipinski definition) is 4. The third kappa shape index (κ3) is 10.2. The Balaban J connectivity index is 1.50. The first-order chi connectivity index (χ1) is 14.5. The fraction of sp³-hybridized carbons (Fsp3) is 0.273. The smallest absolute Gasteiger partial charge is 0.240 e. The van der Waals surface area contributed by atoms with Crippen molar-refractivity contribution in [3.8, 4) is 0 Å². The second kappa shape index (κ2) is 13.5. The van der Waals surface area contributed by atoms with Crippen molar-refractivity contribution in [3.05, 3.63) is 69.7 Å². The molecule has 6 nitrogen and oxygen atoms in total. The highest BCUT2D eigenvalue weighted by Crippen LogP contribution is 2.10. The summed E-state index contributed by atoms with van der Waals surface area (Å²) in [5.41, 5.74) is 6.63. The first-order valence-electron chi connectivity index (χ1n) is 9.68. The van der Waals surface area contributed by atoms with Crippen molar-refractivity contribution in [1.29, 1.82) is 0 Å². The second-order valence-corrected chi connectivity index (χ2v) is 7.48. The maximum atomic E-state index is 11.8. The summed E-state index contributed by atoms with van der Waals surface area (Å²) in [4.78, 5) is 23.5. The zero-order chi connectivity index (χ0) is 21.6. The van der Waals surface area contributed by atoms with Gasteiger partial charge >= 0.3 is 0 Å². The Morgan fingerprint density at radius 3 is 1.57 bits per heavy atom. The minimum Gasteiger partial charge on any atom is -0.273 e. The molecule has 2 aromatic carbocycles. The van der Waals surface area contributed by atoms with E-state index in [1.165, 1.54) is 0 Å². The third-order valence-electron chi connectivity index (χ3n) is 4.06. The number of rotatable bonds is 11. The van der Waals surface area contributed by atoms with E-state index in [1.54, 1.807) is 36.7 Å². The second-order valence-electron chi connectivity index (χ2n) is 6.61. The molecule has 0 spiro atoms. The van der Waals surface area contributed by atoms with Gasteiger partial charge in [-0.15, -0.1) is 0 Å². The van der Waals surface area contributed by atoms with Crippen LogP contribution in [-0.2, 0) is 9.59 Å². The zero-order valence-electron chi connectivity index (χ0n) is 16.5. The Morgan fingerprint density at radius 1 is 0.733 bits per heavy atom. The van der Waals surface area contributed by atoms with E-state index >= 15 is 0 Å². The first kappa shape index (κ1) is 23.6. The Morgan fingerprint density at radius 2 is 1.17 bits per heavy atom. The molecule has 0 fully saturated rings. The van der Waals surface area contributed by atoms with Crippen molar-refractivity contribution in [2.24, 2.45) is 10.2 Å². The lowest BCUT2D eigenvalue weighted by molar-refractivity contribution is -0.122. The number of unbranched alkanes of at least 4 members (excludes halogenated alkanes) is 3. The van der Waals surface area contributed by atoms with Crippen LogP contribution in [-0.4, -0.2) is 24.2 Å². The van der Waals surface area contributed by atoms with Crippen LogP contribution in [0.1, 0.15) is 49.7 Å². The molecule has 0 aliphatic heterocycles. The van der Waals surface area contributed by atoms with E-state index in [0.29, 0.717) is 22.9 Å². The van der Waals surface area contributed by atoms with Crippen molar-refractivity contribution in [2.45, 2.75) is 38.5 Å². The fourth-order valence-electron chi connectivity index (χ4n) is 2.57. The summed E-state index contributed by atoms with van der Waals surface area (Å²) in [6, 6.07) is 14.4. The predicted molar refractivity (Wildman–Crippen MR) is 122 cm³/mol. The molecule has 30 heavy (non-hydrogen) atoms. The van der Waals surface area contributed by atoms with Crippen LogP contribution in [0.3, 0.4) is 0 Å². The van der Waals surface area contributed by atoms with Crippen LogP contribution in [0.4, 0.5) is 0 Å². The van der Waals surface area contributed by atoms with Crippen LogP contribution in [0.5, 0.6) is 0 Å². The highest BCUT2D eigenvalue weighted by molar-refractivity contribution is 6.31. The molecule has 0 saturated carbocycles. The molecule has 0 bridgehead atoms. The average molecular weight is 447 g/mol. The molecule has 0 aliphatic rings. The van der Waals surface area contributed by atoms with Gasteiger partial charge in [0.25, 0.3) is 0 Å². The van der Waals surface area contributed by atoms with Gasteiger partial charge < -0.3 is 0 Å². The van der Waals surface area contributed by atoms with Gasteiger partial charge in [-0.25, -0.2) is 10.9 Å². The molecule has 0 aliphatic carbocycles. The minimum atomic E-state index is -0.138. The largest absolute Gasteiger partial charge is 0.273 e. The average Bonchev–Trinajstić information content (AvgIpc) is 2.71. The molecule has 2 rings (SSSR count). The summed E-state index contributed by atoms with van der Waals surface area (Å²) in [7, 11) is 0. The summed E-state index contributed by atoms with van der Waals surface area (Å²) in [6.45, 7) is 0. The quantitative estimate of drug-likeness (QED) is 0.291. The van der Waals surface area contributed by atoms with E-state index < -0.39 is 0 Å². The minimum absolute atomic E-state index is 0.138. The van der Waals surface area contributed by atoms with Crippen molar-refractivity contribution in [1.82, 2.24) is 10.9 Å². The van der Waals surface area contributed by atoms with Gasteiger partial charge in [0, 0.05) is 22.9 Å². The highest BCUT2D eigenvalue weighted by atomic mass is 35.5. The number of nitrogens with zero attached hydrogens (tertiary/aromatic N) is 2. The molecular formula is C22H24Cl2N4O2. The molecule has 158 valence electrons. The molecule has 0 radical (unpaired) electrons. The normalized spacial score (nSPS) is 11.1. The van der Waals surface area contributed by atoms with Gasteiger partial charge in [0.05, 0.1) is 12.4 Å². The van der Waals surface area contributed by atoms with Gasteiger partial charge in [-0.3, -0.25) is 9.59 Å². The standard InChI is InChI=1S/C22H24Cl2N4O2/c23-19-9-5-7-17(13-19)15-25-27-21(29)11-3-1-2-4-12-22(30)28-26-16-18-8-6-10-20(24)14-18/h5-10,13-16H,1-4,11-12H2,(H,27,29)(H,28,30)/b25-15+,26-16+. The summed E-state index contributed by atoms with van der Waals surface area (Å²) in [6.07, 6.45) is 7.11. The molecule has 0 atom stereocenters. The number of hydrazone groups is 2. The number of hydrogen-bond donors (Lipinski definition) is 2. The van der Waals surface area contributed by atoms with Gasteiger partial charge in [-0.1, -0.05) is 60.3 Å². The number of amides is 2. The van der Waals surface area contributed by atoms with Gasteiger partial charge in [0.1, 0.15) is 0 Å². The van der Waals surface area contributed by atoms with Crippen LogP contribution >= 0.6 is 23.2 Å². The lowest BCUT2D eigenvalue weighted by Gasteiger charge is -2.02. The van der Waals surface area contributed by atoms with E-state index in [-0.39, 0.29) is 11.8 Å². The zero-order valence-corrected chi connectivity index (χ0v) is 18.0. The van der Waals surface area contributed by atoms with Crippen LogP contribution in [0.2, 0.25) is 10.0 Å². The third-order valence-corrected chi connectivity index (χ3v) is 4.53. The van der Waals surface area contributed by atoms with Crippen LogP contribution in [0, 0.1) is 0 Å². The number of carbonyl (C=O) groups is 2. The van der Waals surface area contributed by atoms with Crippen molar-refractivity contribution in [2.75, 3.05) is 0 Å². The van der Waals surface area contributed by atoms with Crippen molar-refractivity contribution >= 4 is 47.4 Å². The molecule has 0 heterocycles. The molecule has 2 amide bonds. The summed E-state index contributed by atoms with van der Waals surface area (Å²) >= 11 is 11.8. The molecule has 0 saturated heterocycles. The van der Waals surface area contributed by atoms with Crippen molar-refractivity contribution in [3.63, 3.8) is 0 Å². The van der Waals surface area contributed by atoms with Crippen LogP contribution < -0.4 is 10.9 Å². The number of halogens is 2. The van der Waals surface area contributed by atoms with Gasteiger partial charge in [-0.2, -0.15) is 10.2 Å². The molecule has 2 N–H and O–H groups in total. The summed E-state index contributed by atoms with van der Waals surface area (Å²) < 4.78 is 0. The molecular weight excluding hydrogens is 423 g/mol. The monoisotopic (exact) mass is 446 g/mol. The van der Waals surface area contributed by atoms with E-state index in [2.05, 4.69) is 21.1 Å². The van der Waals surface area contributed by atoms with E-state index in [9.17, 15) is 9.59 Å². The number of benzene rings is 2. The lowest BCUT2D eigenvalue weighted by Crippen LogP contribution is -2.17. The van der Waals surface area contributed by atoms with Gasteiger partial charge in [0.15, 0.2) is 0 Å². The summed E-state index contributed by atoms with van der Waals surface area (Å²) in [5, 5.41) is 9.07. The Kier molecular flexibility index (Phi) is 10.6. The number of carbonyl (C=O) groups excluding carboxylic acids is 2. The number of nitrogens with one attached hydrogen (secondary N) is 2. The topological polar surface area (TPSA) is 82.9 Å². The van der Waals surface area contributed by atoms with E-state index in [4.69, 9.17) is 23.2 Å². The van der Waals surface area contributed by atoms with E-state index in [1.807, 2.05) is 24.3 Å². The Labute approximate surface area is 186 Å². The molecule has 0 unspecified atom stereocenters. The molecule has 0 aromatic heterocycles. The summed E-state index contributed by atoms with van der Waals surface area (Å²) in [5.74, 6) is -0.275. The molecule has 2 aromatic rings. The van der Waals surface area contributed by atoms with Gasteiger partial charge in [-0.05, 0) is 48.2 Å². The maximum Gasteiger partial charge on any atom is 0.240 e. The van der Waals surface area contributed by atoms with Gasteiger partial charge in [0.2, 0.25) is 11.8 Å². The van der Waals surface area contributed by atoms with Crippen LogP contribution in [0.15, 0.2) is 58.7 Å². The predicted octanol–water partition coefficient (Wildman–Crippen LogP) is 4.93. The maximum absolute atomic E-state index is 11.8. The van der Waals surface area contributed by atoms with Crippen LogP contribution in [0.25, 0.3) is 0 Å². The fourth-order valence-corrected chi connectivity index (χ4v) is 2.97.